The first kappa shape index (κ1) is 25.6. The molecule has 37 heavy (non-hydrogen) atoms. The fraction of sp³-hybridized carbons (Fsp3) is 0.464. The summed E-state index contributed by atoms with van der Waals surface area (Å²) in [5, 5.41) is 11.0. The lowest BCUT2D eigenvalue weighted by Crippen LogP contribution is -2.49. The fourth-order valence-electron chi connectivity index (χ4n) is 5.85. The van der Waals surface area contributed by atoms with Crippen LogP contribution in [0.15, 0.2) is 42.5 Å². The van der Waals surface area contributed by atoms with Crippen molar-refractivity contribution in [3.05, 3.63) is 64.7 Å². The molecule has 1 radical (unpaired) electrons. The topological polar surface area (TPSA) is 96.4 Å². The molecular formula is C28H32BN2O6. The van der Waals surface area contributed by atoms with Crippen LogP contribution < -0.4 is 4.74 Å². The Labute approximate surface area is 217 Å². The Morgan fingerprint density at radius 2 is 1.81 bits per heavy atom. The van der Waals surface area contributed by atoms with Crippen LogP contribution in [0.4, 0.5) is 0 Å². The molecule has 0 aliphatic carbocycles. The van der Waals surface area contributed by atoms with Crippen LogP contribution in [0.3, 0.4) is 0 Å². The Morgan fingerprint density at radius 1 is 1.11 bits per heavy atom. The Hall–Kier alpha value is -3.01. The summed E-state index contributed by atoms with van der Waals surface area (Å²) in [7, 11) is 3.07. The van der Waals surface area contributed by atoms with Crippen molar-refractivity contribution in [1.82, 2.24) is 9.71 Å². The second-order valence-corrected chi connectivity index (χ2v) is 10.1. The van der Waals surface area contributed by atoms with Gasteiger partial charge in [0.05, 0.1) is 44.7 Å². The maximum Gasteiger partial charge on any atom is 0.293 e. The number of benzene rings is 2. The van der Waals surface area contributed by atoms with Crippen LogP contribution in [0, 0.1) is 0 Å². The van der Waals surface area contributed by atoms with Gasteiger partial charge >= 0.3 is 0 Å². The van der Waals surface area contributed by atoms with Gasteiger partial charge in [-0.05, 0) is 61.1 Å². The van der Waals surface area contributed by atoms with E-state index >= 15 is 0 Å². The molecule has 2 saturated heterocycles. The normalized spacial score (nSPS) is 23.7. The number of hydrogen-bond acceptors (Lipinski definition) is 7. The van der Waals surface area contributed by atoms with E-state index in [1.165, 1.54) is 7.41 Å². The molecule has 4 atom stereocenters. The average Bonchev–Trinajstić information content (AvgIpc) is 3.18. The van der Waals surface area contributed by atoms with Gasteiger partial charge in [0.2, 0.25) is 0 Å². The molecule has 3 aliphatic rings. The van der Waals surface area contributed by atoms with Crippen molar-refractivity contribution in [2.24, 2.45) is 0 Å². The number of carbonyl (C=O) groups excluding carboxylic acids is 3. The second kappa shape index (κ2) is 11.2. The molecule has 193 valence electrons. The van der Waals surface area contributed by atoms with Gasteiger partial charge in [0, 0.05) is 30.1 Å². The fourth-order valence-corrected chi connectivity index (χ4v) is 5.85. The first-order valence-corrected chi connectivity index (χ1v) is 12.9. The number of fused-ring (bicyclic) bond motifs is 3. The third-order valence-electron chi connectivity index (χ3n) is 7.91. The number of aliphatic hydroxyl groups excluding tert-OH is 1. The van der Waals surface area contributed by atoms with Crippen molar-refractivity contribution < 1.29 is 29.0 Å². The second-order valence-electron chi connectivity index (χ2n) is 10.1. The molecule has 0 aromatic heterocycles. The van der Waals surface area contributed by atoms with Crippen molar-refractivity contribution in [1.29, 1.82) is 0 Å². The zero-order valence-corrected chi connectivity index (χ0v) is 21.0. The number of methoxy groups -OCH3 is 1. The van der Waals surface area contributed by atoms with Crippen LogP contribution in [0.25, 0.3) is 0 Å². The number of Topliss-reactive ketones (excluding diaryl/α,β-unsaturated/α-hetero) is 1. The molecule has 2 aromatic carbocycles. The quantitative estimate of drug-likeness (QED) is 0.319. The molecule has 2 aromatic rings. The molecule has 5 rings (SSSR count). The van der Waals surface area contributed by atoms with Gasteiger partial charge < -0.3 is 29.1 Å². The van der Waals surface area contributed by atoms with E-state index in [2.05, 4.69) is 0 Å². The number of rotatable bonds is 9. The van der Waals surface area contributed by atoms with Crippen LogP contribution in [0.5, 0.6) is 5.75 Å². The molecule has 3 aliphatic heterocycles. The number of hydrogen-bond donors (Lipinski definition) is 1. The number of ketones is 1. The number of ether oxygens (including phenoxy) is 2. The predicted octanol–water partition coefficient (Wildman–Crippen LogP) is 2.26. The Balaban J connectivity index is 1.19. The number of aliphatic hydroxyl groups is 1. The summed E-state index contributed by atoms with van der Waals surface area (Å²) in [6.45, 7) is 1.66. The SMILES string of the molecule is COc1ccc2c(c1)CN([B]C=O)[C@H]([C@H](O)CCC(=O)c1ccc(C(=O)N3C4CCC3COC4)cc1)C2. The molecule has 8 nitrogen and oxygen atoms in total. The molecule has 2 unspecified atom stereocenters. The smallest absolute Gasteiger partial charge is 0.293 e. The highest BCUT2D eigenvalue weighted by Crippen LogP contribution is 2.31. The van der Waals surface area contributed by atoms with Crippen molar-refractivity contribution in [3.8, 4) is 5.75 Å². The van der Waals surface area contributed by atoms with Crippen molar-refractivity contribution >= 4 is 25.3 Å². The van der Waals surface area contributed by atoms with Gasteiger partial charge in [-0.15, -0.1) is 0 Å². The highest BCUT2D eigenvalue weighted by molar-refractivity contribution is 6.64. The minimum atomic E-state index is -0.784. The van der Waals surface area contributed by atoms with E-state index in [1.807, 2.05) is 27.9 Å². The van der Waals surface area contributed by atoms with E-state index in [9.17, 15) is 19.5 Å². The number of carbonyl (C=O) groups is 3. The van der Waals surface area contributed by atoms with Crippen molar-refractivity contribution in [3.63, 3.8) is 0 Å². The van der Waals surface area contributed by atoms with E-state index in [0.29, 0.717) is 37.3 Å². The molecule has 0 saturated carbocycles. The van der Waals surface area contributed by atoms with Crippen molar-refractivity contribution in [2.75, 3.05) is 20.3 Å². The van der Waals surface area contributed by atoms with Crippen LogP contribution >= 0.6 is 0 Å². The summed E-state index contributed by atoms with van der Waals surface area (Å²) < 4.78 is 10.9. The average molecular weight is 503 g/mol. The van der Waals surface area contributed by atoms with Crippen molar-refractivity contribution in [2.45, 2.75) is 62.9 Å². The van der Waals surface area contributed by atoms with Gasteiger partial charge in [-0.1, -0.05) is 18.2 Å². The minimum absolute atomic E-state index is 0.00746. The number of morpholine rings is 1. The largest absolute Gasteiger partial charge is 0.497 e. The van der Waals surface area contributed by atoms with Crippen LogP contribution in [0.2, 0.25) is 0 Å². The lowest BCUT2D eigenvalue weighted by molar-refractivity contribution is -0.00716. The lowest BCUT2D eigenvalue weighted by Gasteiger charge is -2.38. The maximum absolute atomic E-state index is 13.1. The monoisotopic (exact) mass is 503 g/mol. The highest BCUT2D eigenvalue weighted by Gasteiger charge is 2.40. The summed E-state index contributed by atoms with van der Waals surface area (Å²) in [5.74, 6) is 0.655. The van der Waals surface area contributed by atoms with Gasteiger partial charge in [-0.2, -0.15) is 0 Å². The summed E-state index contributed by atoms with van der Waals surface area (Å²) >= 11 is 0. The van der Waals surface area contributed by atoms with Gasteiger partial charge in [0.25, 0.3) is 13.3 Å². The van der Waals surface area contributed by atoms with Gasteiger partial charge in [-0.3, -0.25) is 9.59 Å². The summed E-state index contributed by atoms with van der Waals surface area (Å²) in [6, 6.07) is 12.6. The first-order valence-electron chi connectivity index (χ1n) is 12.9. The molecule has 3 heterocycles. The van der Waals surface area contributed by atoms with E-state index in [1.54, 1.807) is 31.4 Å². The van der Waals surface area contributed by atoms with Gasteiger partial charge in [0.1, 0.15) is 5.75 Å². The molecular weight excluding hydrogens is 471 g/mol. The van der Waals surface area contributed by atoms with Crippen LogP contribution in [-0.4, -0.2) is 84.7 Å². The number of amides is 1. The Bertz CT molecular complexity index is 1140. The van der Waals surface area contributed by atoms with Gasteiger partial charge in [0.15, 0.2) is 5.78 Å². The standard InChI is InChI=1S/C28H32BN2O6/c1-36-24-9-6-20-13-25(30(29-17-32)14-21(20)12-24)27(34)11-10-26(33)18-2-4-19(5-3-18)28(35)31-22-7-8-23(31)16-37-15-22/h2-6,9,12,17,22-23,25,27,34H,7-8,10-11,13-16H2,1H3/t22?,23?,25-,27+/m0/s1. The summed E-state index contributed by atoms with van der Waals surface area (Å²) in [5.41, 5.74) is 3.25. The van der Waals surface area contributed by atoms with Crippen LogP contribution in [-0.2, 0) is 22.5 Å². The Morgan fingerprint density at radius 3 is 2.49 bits per heavy atom. The van der Waals surface area contributed by atoms with E-state index < -0.39 is 6.10 Å². The Kier molecular flexibility index (Phi) is 7.74. The first-order chi connectivity index (χ1) is 18.0. The molecule has 9 heteroatoms. The molecule has 0 spiro atoms. The molecule has 2 bridgehead atoms. The van der Waals surface area contributed by atoms with E-state index in [4.69, 9.17) is 9.47 Å². The summed E-state index contributed by atoms with van der Waals surface area (Å²) in [6.07, 6.45) is 2.89. The third kappa shape index (κ3) is 5.35. The van der Waals surface area contributed by atoms with E-state index in [0.717, 1.165) is 35.9 Å². The zero-order valence-electron chi connectivity index (χ0n) is 21.0. The highest BCUT2D eigenvalue weighted by atomic mass is 16.5. The third-order valence-corrected chi connectivity index (χ3v) is 7.91. The molecule has 1 N–H and O–H groups in total. The number of nitrogens with zero attached hydrogens (tertiary/aromatic N) is 2. The maximum atomic E-state index is 13.1. The molecule has 2 fully saturated rings. The predicted molar refractivity (Wildman–Crippen MR) is 138 cm³/mol. The van der Waals surface area contributed by atoms with Crippen LogP contribution in [0.1, 0.15) is 57.5 Å². The summed E-state index contributed by atoms with van der Waals surface area (Å²) in [4.78, 5) is 41.0. The minimum Gasteiger partial charge on any atom is -0.497 e. The molecule has 1 amide bonds. The van der Waals surface area contributed by atoms with Gasteiger partial charge in [-0.25, -0.2) is 0 Å². The lowest BCUT2D eigenvalue weighted by atomic mass is 9.81. The van der Waals surface area contributed by atoms with E-state index in [-0.39, 0.29) is 42.7 Å². The zero-order chi connectivity index (χ0) is 25.9.